The Bertz CT molecular complexity index is 124. The first-order valence-electron chi connectivity index (χ1n) is 4.63. The molecule has 0 rings (SSSR count). The maximum absolute atomic E-state index is 5.17. The molecular weight excluding hydrogens is 166 g/mol. The second-order valence-electron chi connectivity index (χ2n) is 2.95. The van der Waals surface area contributed by atoms with Gasteiger partial charge in [0.25, 0.3) is 0 Å². The summed E-state index contributed by atoms with van der Waals surface area (Å²) in [6.45, 7) is 3.69. The van der Waals surface area contributed by atoms with Gasteiger partial charge in [0.05, 0.1) is 6.04 Å². The zero-order valence-corrected chi connectivity index (χ0v) is 8.88. The molecule has 0 aromatic rings. The van der Waals surface area contributed by atoms with Crippen molar-refractivity contribution >= 4 is 0 Å². The summed E-state index contributed by atoms with van der Waals surface area (Å²) >= 11 is 0. The Hall–Kier alpha value is -0.380. The number of nitrogens with one attached hydrogen (secondary N) is 1. The summed E-state index contributed by atoms with van der Waals surface area (Å²) in [6.07, 6.45) is 4.96. The van der Waals surface area contributed by atoms with Crippen molar-refractivity contribution in [3.8, 4) is 0 Å². The van der Waals surface area contributed by atoms with Crippen LogP contribution in [0.2, 0.25) is 0 Å². The fourth-order valence-electron chi connectivity index (χ4n) is 1.32. The highest BCUT2D eigenvalue weighted by atomic mass is 16.7. The van der Waals surface area contributed by atoms with E-state index in [1.807, 2.05) is 13.1 Å². The van der Waals surface area contributed by atoms with Crippen LogP contribution in [0, 0.1) is 0 Å². The van der Waals surface area contributed by atoms with E-state index in [9.17, 15) is 0 Å². The molecule has 1 unspecified atom stereocenters. The molecule has 1 N–H and O–H groups in total. The minimum absolute atomic E-state index is 0.158. The normalized spacial score (nSPS) is 13.2. The minimum Gasteiger partial charge on any atom is -0.354 e. The lowest BCUT2D eigenvalue weighted by molar-refractivity contribution is -0.123. The quantitative estimate of drug-likeness (QED) is 0.355. The predicted octanol–water partition coefficient (Wildman–Crippen LogP) is 1.55. The van der Waals surface area contributed by atoms with Crippen LogP contribution in [0.5, 0.6) is 0 Å². The standard InChI is InChI=1S/C10H21NO2/c1-5-6-7-8-9(11-2)10(12-3)13-4/h5,9-11H,1,6-8H2,2-4H3. The van der Waals surface area contributed by atoms with Crippen molar-refractivity contribution < 1.29 is 9.47 Å². The van der Waals surface area contributed by atoms with Gasteiger partial charge in [-0.15, -0.1) is 6.58 Å². The molecule has 0 amide bonds. The highest BCUT2D eigenvalue weighted by Gasteiger charge is 2.17. The molecule has 0 aliphatic carbocycles. The first-order chi connectivity index (χ1) is 6.29. The van der Waals surface area contributed by atoms with E-state index in [1.165, 1.54) is 0 Å². The van der Waals surface area contributed by atoms with Crippen molar-refractivity contribution in [2.45, 2.75) is 31.6 Å². The van der Waals surface area contributed by atoms with Gasteiger partial charge >= 0.3 is 0 Å². The SMILES string of the molecule is C=CCCCC(NC)C(OC)OC. The number of rotatable bonds is 8. The summed E-state index contributed by atoms with van der Waals surface area (Å²) in [4.78, 5) is 0. The Kier molecular flexibility index (Phi) is 7.99. The number of hydrogen-bond acceptors (Lipinski definition) is 3. The Morgan fingerprint density at radius 3 is 2.38 bits per heavy atom. The molecule has 0 spiro atoms. The molecule has 1 atom stereocenters. The van der Waals surface area contributed by atoms with Crippen molar-refractivity contribution in [1.29, 1.82) is 0 Å². The number of ether oxygens (including phenoxy) is 2. The van der Waals surface area contributed by atoms with Gasteiger partial charge in [0.1, 0.15) is 0 Å². The van der Waals surface area contributed by atoms with Gasteiger partial charge in [-0.25, -0.2) is 0 Å². The molecule has 78 valence electrons. The van der Waals surface area contributed by atoms with Gasteiger partial charge in [-0.1, -0.05) is 6.08 Å². The lowest BCUT2D eigenvalue weighted by atomic mass is 10.1. The van der Waals surface area contributed by atoms with Crippen molar-refractivity contribution in [2.75, 3.05) is 21.3 Å². The van der Waals surface area contributed by atoms with Crippen LogP contribution in [0.1, 0.15) is 19.3 Å². The summed E-state index contributed by atoms with van der Waals surface area (Å²) < 4.78 is 10.3. The molecule has 0 heterocycles. The van der Waals surface area contributed by atoms with E-state index in [0.717, 1.165) is 19.3 Å². The molecule has 0 radical (unpaired) electrons. The predicted molar refractivity (Wildman–Crippen MR) is 54.7 cm³/mol. The molecule has 13 heavy (non-hydrogen) atoms. The van der Waals surface area contributed by atoms with E-state index >= 15 is 0 Å². The molecule has 0 aromatic heterocycles. The molecule has 0 saturated carbocycles. The van der Waals surface area contributed by atoms with Crippen molar-refractivity contribution in [2.24, 2.45) is 0 Å². The third-order valence-electron chi connectivity index (χ3n) is 2.09. The zero-order chi connectivity index (χ0) is 10.1. The number of hydrogen-bond donors (Lipinski definition) is 1. The van der Waals surface area contributed by atoms with Crippen molar-refractivity contribution in [3.05, 3.63) is 12.7 Å². The summed E-state index contributed by atoms with van der Waals surface area (Å²) in [6, 6.07) is 0.259. The third kappa shape index (κ3) is 5.03. The van der Waals surface area contributed by atoms with Crippen LogP contribution in [-0.2, 0) is 9.47 Å². The van der Waals surface area contributed by atoms with Crippen LogP contribution in [0.4, 0.5) is 0 Å². The van der Waals surface area contributed by atoms with Crippen molar-refractivity contribution in [1.82, 2.24) is 5.32 Å². The van der Waals surface area contributed by atoms with Crippen LogP contribution in [0.15, 0.2) is 12.7 Å². The summed E-state index contributed by atoms with van der Waals surface area (Å²) in [5, 5.41) is 3.18. The molecule has 0 fully saturated rings. The first kappa shape index (κ1) is 12.6. The van der Waals surface area contributed by atoms with Gasteiger partial charge in [0, 0.05) is 14.2 Å². The fraction of sp³-hybridized carbons (Fsp3) is 0.800. The maximum atomic E-state index is 5.17. The lowest BCUT2D eigenvalue weighted by Crippen LogP contribution is -2.39. The summed E-state index contributed by atoms with van der Waals surface area (Å²) in [5.41, 5.74) is 0. The van der Waals surface area contributed by atoms with E-state index in [0.29, 0.717) is 0 Å². The van der Waals surface area contributed by atoms with E-state index in [4.69, 9.17) is 9.47 Å². The highest BCUT2D eigenvalue weighted by molar-refractivity contribution is 4.72. The van der Waals surface area contributed by atoms with E-state index in [-0.39, 0.29) is 12.3 Å². The Morgan fingerprint density at radius 2 is 2.00 bits per heavy atom. The van der Waals surface area contributed by atoms with Gasteiger partial charge in [0.2, 0.25) is 0 Å². The summed E-state index contributed by atoms with van der Waals surface area (Å²) in [5.74, 6) is 0. The van der Waals surface area contributed by atoms with Crippen LogP contribution >= 0.6 is 0 Å². The number of unbranched alkanes of at least 4 members (excludes halogenated alkanes) is 1. The van der Waals surface area contributed by atoms with Gasteiger partial charge in [-0.2, -0.15) is 0 Å². The van der Waals surface area contributed by atoms with Gasteiger partial charge < -0.3 is 14.8 Å². The zero-order valence-electron chi connectivity index (χ0n) is 8.88. The Morgan fingerprint density at radius 1 is 1.38 bits per heavy atom. The number of allylic oxidation sites excluding steroid dienone is 1. The van der Waals surface area contributed by atoms with Crippen LogP contribution in [0.3, 0.4) is 0 Å². The monoisotopic (exact) mass is 187 g/mol. The van der Waals surface area contributed by atoms with Crippen molar-refractivity contribution in [3.63, 3.8) is 0 Å². The smallest absolute Gasteiger partial charge is 0.171 e. The van der Waals surface area contributed by atoms with Crippen LogP contribution in [0.25, 0.3) is 0 Å². The molecule has 0 aliphatic rings. The first-order valence-corrected chi connectivity index (χ1v) is 4.63. The number of methoxy groups -OCH3 is 2. The molecule has 0 saturated heterocycles. The summed E-state index contributed by atoms with van der Waals surface area (Å²) in [7, 11) is 5.24. The Balaban J connectivity index is 3.77. The second kappa shape index (κ2) is 8.23. The van der Waals surface area contributed by atoms with E-state index in [1.54, 1.807) is 14.2 Å². The highest BCUT2D eigenvalue weighted by Crippen LogP contribution is 2.08. The Labute approximate surface area is 81.1 Å². The minimum atomic E-state index is -0.158. The third-order valence-corrected chi connectivity index (χ3v) is 2.09. The molecule has 3 heteroatoms. The van der Waals surface area contributed by atoms with E-state index < -0.39 is 0 Å². The molecule has 0 aromatic carbocycles. The van der Waals surface area contributed by atoms with Gasteiger partial charge in [-0.05, 0) is 26.3 Å². The largest absolute Gasteiger partial charge is 0.354 e. The average molecular weight is 187 g/mol. The maximum Gasteiger partial charge on any atom is 0.171 e. The lowest BCUT2D eigenvalue weighted by Gasteiger charge is -2.23. The molecule has 0 aliphatic heterocycles. The average Bonchev–Trinajstić information content (AvgIpc) is 2.17. The molecule has 0 bridgehead atoms. The fourth-order valence-corrected chi connectivity index (χ4v) is 1.32. The second-order valence-corrected chi connectivity index (χ2v) is 2.95. The molecular formula is C10H21NO2. The number of likely N-dealkylation sites (N-methyl/N-ethyl adjacent to an activating group) is 1. The van der Waals surface area contributed by atoms with Crippen LogP contribution in [-0.4, -0.2) is 33.6 Å². The topological polar surface area (TPSA) is 30.5 Å². The van der Waals surface area contributed by atoms with Crippen LogP contribution < -0.4 is 5.32 Å². The molecule has 3 nitrogen and oxygen atoms in total. The van der Waals surface area contributed by atoms with Gasteiger partial charge in [-0.3, -0.25) is 0 Å². The van der Waals surface area contributed by atoms with E-state index in [2.05, 4.69) is 11.9 Å². The van der Waals surface area contributed by atoms with Gasteiger partial charge in [0.15, 0.2) is 6.29 Å².